The summed E-state index contributed by atoms with van der Waals surface area (Å²) < 4.78 is 19.1. The third-order valence-electron chi connectivity index (χ3n) is 2.75. The molecule has 0 bridgehead atoms. The van der Waals surface area contributed by atoms with Crippen molar-refractivity contribution in [3.8, 4) is 5.88 Å². The minimum atomic E-state index is -0.569. The molecule has 0 saturated carbocycles. The van der Waals surface area contributed by atoms with E-state index in [-0.39, 0.29) is 0 Å². The molecule has 100 valence electrons. The van der Waals surface area contributed by atoms with E-state index in [2.05, 4.69) is 10.4 Å². The van der Waals surface area contributed by atoms with Gasteiger partial charge in [0.1, 0.15) is 5.82 Å². The minimum Gasteiger partial charge on any atom is -0.481 e. The van der Waals surface area contributed by atoms with Gasteiger partial charge in [0, 0.05) is 22.3 Å². The highest BCUT2D eigenvalue weighted by Crippen LogP contribution is 2.30. The van der Waals surface area contributed by atoms with E-state index >= 15 is 0 Å². The molecular formula is C13H13ClFN3O. The third-order valence-corrected chi connectivity index (χ3v) is 2.98. The molecule has 2 rings (SSSR count). The van der Waals surface area contributed by atoms with Gasteiger partial charge in [0.15, 0.2) is 0 Å². The lowest BCUT2D eigenvalue weighted by Crippen LogP contribution is -2.30. The number of hydrogen-bond acceptors (Lipinski definition) is 4. The summed E-state index contributed by atoms with van der Waals surface area (Å²) in [4.78, 5) is 4.07. The quantitative estimate of drug-likeness (QED) is 0.667. The van der Waals surface area contributed by atoms with Gasteiger partial charge in [0.05, 0.1) is 13.2 Å². The summed E-state index contributed by atoms with van der Waals surface area (Å²) in [6, 6.07) is 7.35. The Bertz CT molecular complexity index is 580. The molecule has 3 N–H and O–H groups in total. The third kappa shape index (κ3) is 2.84. The molecule has 0 fully saturated rings. The van der Waals surface area contributed by atoms with Crippen LogP contribution in [0.4, 0.5) is 4.39 Å². The Morgan fingerprint density at radius 3 is 2.79 bits per heavy atom. The second kappa shape index (κ2) is 5.97. The van der Waals surface area contributed by atoms with Crippen molar-refractivity contribution >= 4 is 11.6 Å². The zero-order valence-corrected chi connectivity index (χ0v) is 11.0. The number of methoxy groups -OCH3 is 1. The lowest BCUT2D eigenvalue weighted by Gasteiger charge is -2.19. The van der Waals surface area contributed by atoms with Crippen LogP contribution in [0.1, 0.15) is 17.2 Å². The number of aromatic nitrogens is 1. The number of hydrogen-bond donors (Lipinski definition) is 2. The summed E-state index contributed by atoms with van der Waals surface area (Å²) in [5.74, 6) is 5.48. The Morgan fingerprint density at radius 2 is 2.16 bits per heavy atom. The first-order valence-corrected chi connectivity index (χ1v) is 5.95. The number of pyridine rings is 1. The minimum absolute atomic E-state index is 0.329. The van der Waals surface area contributed by atoms with Crippen LogP contribution in [-0.4, -0.2) is 12.1 Å². The zero-order valence-electron chi connectivity index (χ0n) is 10.2. The molecule has 4 nitrogen and oxygen atoms in total. The highest BCUT2D eigenvalue weighted by molar-refractivity contribution is 6.30. The smallest absolute Gasteiger partial charge is 0.218 e. The fourth-order valence-electron chi connectivity index (χ4n) is 1.88. The van der Waals surface area contributed by atoms with Crippen LogP contribution in [-0.2, 0) is 0 Å². The number of halogens is 2. The molecule has 0 aliphatic rings. The first-order valence-electron chi connectivity index (χ1n) is 5.57. The molecule has 1 aromatic carbocycles. The maximum absolute atomic E-state index is 14.0. The van der Waals surface area contributed by atoms with E-state index in [0.29, 0.717) is 22.0 Å². The van der Waals surface area contributed by atoms with Crippen LogP contribution in [0.15, 0.2) is 36.5 Å². The molecule has 2 aromatic rings. The zero-order chi connectivity index (χ0) is 13.8. The largest absolute Gasteiger partial charge is 0.481 e. The number of benzene rings is 1. The standard InChI is InChI=1S/C13H13ClFN3O/c1-19-13-10(3-2-6-17-13)12(18-16)9-5-4-8(14)7-11(9)15/h2-7,12,18H,16H2,1H3. The van der Waals surface area contributed by atoms with E-state index in [0.717, 1.165) is 0 Å². The second-order valence-electron chi connectivity index (χ2n) is 3.87. The Hall–Kier alpha value is -1.69. The van der Waals surface area contributed by atoms with Crippen LogP contribution < -0.4 is 16.0 Å². The van der Waals surface area contributed by atoms with E-state index in [4.69, 9.17) is 22.2 Å². The van der Waals surface area contributed by atoms with Crippen LogP contribution in [0.5, 0.6) is 5.88 Å². The molecule has 1 atom stereocenters. The Labute approximate surface area is 115 Å². The first-order chi connectivity index (χ1) is 9.17. The number of nitrogens with one attached hydrogen (secondary N) is 1. The molecule has 0 spiro atoms. The van der Waals surface area contributed by atoms with Gasteiger partial charge in [-0.25, -0.2) is 14.8 Å². The number of nitrogens with zero attached hydrogens (tertiary/aromatic N) is 1. The highest BCUT2D eigenvalue weighted by atomic mass is 35.5. The van der Waals surface area contributed by atoms with E-state index in [1.807, 2.05) is 0 Å². The average Bonchev–Trinajstić information content (AvgIpc) is 2.42. The van der Waals surface area contributed by atoms with Crippen molar-refractivity contribution in [3.05, 3.63) is 58.5 Å². The number of nitrogens with two attached hydrogens (primary N) is 1. The Kier molecular flexibility index (Phi) is 4.31. The average molecular weight is 282 g/mol. The lowest BCUT2D eigenvalue weighted by atomic mass is 10.00. The molecule has 6 heteroatoms. The van der Waals surface area contributed by atoms with Crippen molar-refractivity contribution in [2.24, 2.45) is 5.84 Å². The van der Waals surface area contributed by atoms with Gasteiger partial charge in [-0.2, -0.15) is 0 Å². The summed E-state index contributed by atoms with van der Waals surface area (Å²) in [5.41, 5.74) is 3.59. The molecule has 1 aromatic heterocycles. The van der Waals surface area contributed by atoms with Gasteiger partial charge < -0.3 is 4.74 Å². The highest BCUT2D eigenvalue weighted by Gasteiger charge is 2.20. The van der Waals surface area contributed by atoms with E-state index in [9.17, 15) is 4.39 Å². The van der Waals surface area contributed by atoms with Gasteiger partial charge in [0.25, 0.3) is 0 Å². The normalized spacial score (nSPS) is 12.2. The van der Waals surface area contributed by atoms with Crippen LogP contribution in [0.3, 0.4) is 0 Å². The molecule has 0 aliphatic carbocycles. The molecule has 0 saturated heterocycles. The molecule has 19 heavy (non-hydrogen) atoms. The summed E-state index contributed by atoms with van der Waals surface area (Å²) in [7, 11) is 1.50. The van der Waals surface area contributed by atoms with Crippen molar-refractivity contribution in [2.75, 3.05) is 7.11 Å². The van der Waals surface area contributed by atoms with Crippen molar-refractivity contribution in [1.82, 2.24) is 10.4 Å². The van der Waals surface area contributed by atoms with Crippen molar-refractivity contribution < 1.29 is 9.13 Å². The molecular weight excluding hydrogens is 269 g/mol. The SMILES string of the molecule is COc1ncccc1C(NN)c1ccc(Cl)cc1F. The van der Waals surface area contributed by atoms with Gasteiger partial charge in [-0.15, -0.1) is 0 Å². The summed E-state index contributed by atoms with van der Waals surface area (Å²) >= 11 is 5.74. The first kappa shape index (κ1) is 13.7. The number of ether oxygens (including phenoxy) is 1. The molecule has 0 amide bonds. The van der Waals surface area contributed by atoms with Crippen LogP contribution >= 0.6 is 11.6 Å². The monoisotopic (exact) mass is 281 g/mol. The van der Waals surface area contributed by atoms with Crippen molar-refractivity contribution in [2.45, 2.75) is 6.04 Å². The second-order valence-corrected chi connectivity index (χ2v) is 4.30. The van der Waals surface area contributed by atoms with Crippen molar-refractivity contribution in [3.63, 3.8) is 0 Å². The van der Waals surface area contributed by atoms with E-state index < -0.39 is 11.9 Å². The number of hydrazine groups is 1. The molecule has 1 unspecified atom stereocenters. The fraction of sp³-hybridized carbons (Fsp3) is 0.154. The maximum atomic E-state index is 14.0. The predicted octanol–water partition coefficient (Wildman–Crippen LogP) is 2.44. The van der Waals surface area contributed by atoms with Crippen LogP contribution in [0, 0.1) is 5.82 Å². The topological polar surface area (TPSA) is 60.2 Å². The fourth-order valence-corrected chi connectivity index (χ4v) is 2.04. The maximum Gasteiger partial charge on any atom is 0.218 e. The summed E-state index contributed by atoms with van der Waals surface area (Å²) in [6.07, 6.45) is 1.59. The van der Waals surface area contributed by atoms with Gasteiger partial charge in [-0.3, -0.25) is 5.84 Å². The Morgan fingerprint density at radius 1 is 1.37 bits per heavy atom. The lowest BCUT2D eigenvalue weighted by molar-refractivity contribution is 0.386. The summed E-state index contributed by atoms with van der Waals surface area (Å²) in [5, 5.41) is 0.329. The van der Waals surface area contributed by atoms with Crippen LogP contribution in [0.25, 0.3) is 0 Å². The number of rotatable bonds is 4. The van der Waals surface area contributed by atoms with Gasteiger partial charge in [-0.05, 0) is 18.2 Å². The predicted molar refractivity (Wildman–Crippen MR) is 71.4 cm³/mol. The van der Waals surface area contributed by atoms with Crippen molar-refractivity contribution in [1.29, 1.82) is 0 Å². The Balaban J connectivity index is 2.50. The van der Waals surface area contributed by atoms with E-state index in [1.54, 1.807) is 30.5 Å². The van der Waals surface area contributed by atoms with Gasteiger partial charge in [0.2, 0.25) is 5.88 Å². The van der Waals surface area contributed by atoms with E-state index in [1.165, 1.54) is 13.2 Å². The van der Waals surface area contributed by atoms with Gasteiger partial charge >= 0.3 is 0 Å². The molecule has 0 radical (unpaired) electrons. The van der Waals surface area contributed by atoms with Crippen LogP contribution in [0.2, 0.25) is 5.02 Å². The summed E-state index contributed by atoms with van der Waals surface area (Å²) in [6.45, 7) is 0. The molecule has 0 aliphatic heterocycles. The molecule has 1 heterocycles. The van der Waals surface area contributed by atoms with Gasteiger partial charge in [-0.1, -0.05) is 23.7 Å².